The number of carbonyl (C=O) groups excluding carboxylic acids is 1. The average molecular weight is 320 g/mol. The number of nitrogens with zero attached hydrogens (tertiary/aromatic N) is 3. The molecule has 0 aromatic carbocycles. The smallest absolute Gasteiger partial charge is 0.254 e. The third-order valence-corrected chi connectivity index (χ3v) is 5.26. The molecule has 1 N–H and O–H groups in total. The van der Waals surface area contributed by atoms with Crippen molar-refractivity contribution in [2.75, 3.05) is 32.8 Å². The molecule has 0 unspecified atom stereocenters. The van der Waals surface area contributed by atoms with Gasteiger partial charge in [0.15, 0.2) is 0 Å². The summed E-state index contributed by atoms with van der Waals surface area (Å²) in [5.74, 6) is -0.0112. The number of aryl methyl sites for hydroxylation is 1. The van der Waals surface area contributed by atoms with E-state index in [0.717, 1.165) is 39.4 Å². The van der Waals surface area contributed by atoms with Gasteiger partial charge in [0.25, 0.3) is 5.91 Å². The molecule has 0 spiro atoms. The summed E-state index contributed by atoms with van der Waals surface area (Å²) in [4.78, 5) is 15.0. The van der Waals surface area contributed by atoms with Gasteiger partial charge in [-0.3, -0.25) is 14.4 Å². The van der Waals surface area contributed by atoms with Gasteiger partial charge in [0.05, 0.1) is 25.0 Å². The summed E-state index contributed by atoms with van der Waals surface area (Å²) in [6.45, 7) is 7.09. The zero-order valence-corrected chi connectivity index (χ0v) is 14.1. The van der Waals surface area contributed by atoms with Crippen LogP contribution in [0.5, 0.6) is 0 Å². The van der Waals surface area contributed by atoms with E-state index in [1.807, 2.05) is 13.1 Å². The van der Waals surface area contributed by atoms with Crippen molar-refractivity contribution in [2.45, 2.75) is 51.1 Å². The second-order valence-electron chi connectivity index (χ2n) is 6.65. The molecule has 1 aliphatic carbocycles. The molecule has 6 nitrogen and oxygen atoms in total. The van der Waals surface area contributed by atoms with E-state index in [1.54, 1.807) is 10.9 Å². The Labute approximate surface area is 138 Å². The summed E-state index contributed by atoms with van der Waals surface area (Å²) >= 11 is 0. The SMILES string of the molecule is CCn1cc(C(=O)NCC2(N3CCOCC3)CCCCC2)cn1. The zero-order valence-electron chi connectivity index (χ0n) is 14.1. The van der Waals surface area contributed by atoms with Gasteiger partial charge >= 0.3 is 0 Å². The van der Waals surface area contributed by atoms with Crippen molar-refractivity contribution in [3.8, 4) is 0 Å². The van der Waals surface area contributed by atoms with Crippen molar-refractivity contribution in [2.24, 2.45) is 0 Å². The lowest BCUT2D eigenvalue weighted by Crippen LogP contribution is -2.59. The molecule has 23 heavy (non-hydrogen) atoms. The first-order valence-corrected chi connectivity index (χ1v) is 8.87. The van der Waals surface area contributed by atoms with Crippen LogP contribution in [-0.2, 0) is 11.3 Å². The fourth-order valence-electron chi connectivity index (χ4n) is 3.85. The molecule has 0 bridgehead atoms. The van der Waals surface area contributed by atoms with E-state index in [2.05, 4.69) is 15.3 Å². The first-order valence-electron chi connectivity index (χ1n) is 8.87. The number of aromatic nitrogens is 2. The molecular weight excluding hydrogens is 292 g/mol. The van der Waals surface area contributed by atoms with Crippen LogP contribution >= 0.6 is 0 Å². The van der Waals surface area contributed by atoms with Gasteiger partial charge < -0.3 is 10.1 Å². The van der Waals surface area contributed by atoms with E-state index in [-0.39, 0.29) is 11.4 Å². The van der Waals surface area contributed by atoms with Crippen LogP contribution in [0.15, 0.2) is 12.4 Å². The lowest BCUT2D eigenvalue weighted by Gasteiger charge is -2.48. The number of ether oxygens (including phenoxy) is 1. The van der Waals surface area contributed by atoms with Gasteiger partial charge in [0, 0.05) is 37.9 Å². The molecule has 1 aromatic rings. The molecule has 3 rings (SSSR count). The maximum absolute atomic E-state index is 12.4. The number of morpholine rings is 1. The molecule has 1 amide bonds. The van der Waals surface area contributed by atoms with Crippen LogP contribution in [0.25, 0.3) is 0 Å². The fourth-order valence-corrected chi connectivity index (χ4v) is 3.85. The number of amides is 1. The van der Waals surface area contributed by atoms with Gasteiger partial charge in [-0.05, 0) is 19.8 Å². The quantitative estimate of drug-likeness (QED) is 0.896. The molecule has 2 heterocycles. The van der Waals surface area contributed by atoms with Crippen LogP contribution < -0.4 is 5.32 Å². The Morgan fingerprint density at radius 1 is 1.30 bits per heavy atom. The second kappa shape index (κ2) is 7.45. The maximum atomic E-state index is 12.4. The molecule has 1 aromatic heterocycles. The number of hydrogen-bond acceptors (Lipinski definition) is 4. The van der Waals surface area contributed by atoms with Gasteiger partial charge in [-0.15, -0.1) is 0 Å². The first kappa shape index (κ1) is 16.5. The van der Waals surface area contributed by atoms with E-state index in [9.17, 15) is 4.79 Å². The number of hydrogen-bond donors (Lipinski definition) is 1. The second-order valence-corrected chi connectivity index (χ2v) is 6.65. The number of nitrogens with one attached hydrogen (secondary N) is 1. The average Bonchev–Trinajstić information content (AvgIpc) is 3.10. The Hall–Kier alpha value is -1.40. The van der Waals surface area contributed by atoms with E-state index in [1.165, 1.54) is 32.1 Å². The molecule has 6 heteroatoms. The molecule has 0 radical (unpaired) electrons. The van der Waals surface area contributed by atoms with Crippen LogP contribution in [0.3, 0.4) is 0 Å². The normalized spacial score (nSPS) is 22.0. The molecule has 1 saturated carbocycles. The van der Waals surface area contributed by atoms with E-state index in [4.69, 9.17) is 4.74 Å². The highest BCUT2D eigenvalue weighted by Crippen LogP contribution is 2.33. The topological polar surface area (TPSA) is 59.4 Å². The molecule has 1 aliphatic heterocycles. The summed E-state index contributed by atoms with van der Waals surface area (Å²) in [7, 11) is 0. The minimum Gasteiger partial charge on any atom is -0.379 e. The summed E-state index contributed by atoms with van der Waals surface area (Å²) < 4.78 is 7.29. The molecule has 1 saturated heterocycles. The van der Waals surface area contributed by atoms with Gasteiger partial charge in [-0.25, -0.2) is 0 Å². The Bertz CT molecular complexity index is 516. The van der Waals surface area contributed by atoms with Gasteiger partial charge in [0.1, 0.15) is 0 Å². The summed E-state index contributed by atoms with van der Waals surface area (Å²) in [5.41, 5.74) is 0.762. The van der Waals surface area contributed by atoms with E-state index in [0.29, 0.717) is 5.56 Å². The highest BCUT2D eigenvalue weighted by Gasteiger charge is 2.38. The molecule has 2 aliphatic rings. The van der Waals surface area contributed by atoms with Crippen molar-refractivity contribution in [3.05, 3.63) is 18.0 Å². The maximum Gasteiger partial charge on any atom is 0.254 e. The van der Waals surface area contributed by atoms with Gasteiger partial charge in [-0.1, -0.05) is 19.3 Å². The monoisotopic (exact) mass is 320 g/mol. The van der Waals surface area contributed by atoms with Gasteiger partial charge in [0.2, 0.25) is 0 Å². The Morgan fingerprint density at radius 2 is 2.04 bits per heavy atom. The Morgan fingerprint density at radius 3 is 2.70 bits per heavy atom. The first-order chi connectivity index (χ1) is 11.2. The highest BCUT2D eigenvalue weighted by molar-refractivity contribution is 5.93. The summed E-state index contributed by atoms with van der Waals surface area (Å²) in [6.07, 6.45) is 9.62. The number of rotatable bonds is 5. The molecule has 2 fully saturated rings. The van der Waals surface area contributed by atoms with Gasteiger partial charge in [-0.2, -0.15) is 5.10 Å². The van der Waals surface area contributed by atoms with Crippen molar-refractivity contribution in [3.63, 3.8) is 0 Å². The minimum absolute atomic E-state index is 0.0112. The minimum atomic E-state index is -0.0112. The number of carbonyl (C=O) groups is 1. The summed E-state index contributed by atoms with van der Waals surface area (Å²) in [6, 6.07) is 0. The van der Waals surface area contributed by atoms with Crippen LogP contribution in [0.4, 0.5) is 0 Å². The summed E-state index contributed by atoms with van der Waals surface area (Å²) in [5, 5.41) is 7.36. The van der Waals surface area contributed by atoms with E-state index >= 15 is 0 Å². The molecular formula is C17H28N4O2. The predicted octanol–water partition coefficient (Wildman–Crippen LogP) is 1.67. The van der Waals surface area contributed by atoms with Crippen molar-refractivity contribution < 1.29 is 9.53 Å². The van der Waals surface area contributed by atoms with E-state index < -0.39 is 0 Å². The standard InChI is InChI=1S/C17H28N4O2/c1-2-21-13-15(12-19-21)16(22)18-14-17(6-4-3-5-7-17)20-8-10-23-11-9-20/h12-13H,2-11,14H2,1H3,(H,18,22). The largest absolute Gasteiger partial charge is 0.379 e. The van der Waals surface area contributed by atoms with Crippen molar-refractivity contribution >= 4 is 5.91 Å². The fraction of sp³-hybridized carbons (Fsp3) is 0.765. The third kappa shape index (κ3) is 3.75. The molecule has 0 atom stereocenters. The Kier molecular flexibility index (Phi) is 5.33. The predicted molar refractivity (Wildman–Crippen MR) is 88.4 cm³/mol. The van der Waals surface area contributed by atoms with Crippen LogP contribution in [-0.4, -0.2) is 59.0 Å². The highest BCUT2D eigenvalue weighted by atomic mass is 16.5. The zero-order chi connectivity index (χ0) is 16.1. The van der Waals surface area contributed by atoms with Crippen LogP contribution in [0.1, 0.15) is 49.4 Å². The van der Waals surface area contributed by atoms with Crippen LogP contribution in [0, 0.1) is 0 Å². The van der Waals surface area contributed by atoms with Crippen molar-refractivity contribution in [1.82, 2.24) is 20.0 Å². The molecule has 128 valence electrons. The third-order valence-electron chi connectivity index (χ3n) is 5.26. The lowest BCUT2D eigenvalue weighted by atomic mass is 9.79. The lowest BCUT2D eigenvalue weighted by molar-refractivity contribution is -0.0361. The van der Waals surface area contributed by atoms with Crippen LogP contribution in [0.2, 0.25) is 0 Å². The van der Waals surface area contributed by atoms with Crippen molar-refractivity contribution in [1.29, 1.82) is 0 Å². The Balaban J connectivity index is 1.65.